The normalized spacial score (nSPS) is 10.9. The van der Waals surface area contributed by atoms with Gasteiger partial charge in [0.05, 0.1) is 44.8 Å². The highest BCUT2D eigenvalue weighted by Crippen LogP contribution is 2.30. The molecule has 0 radical (unpaired) electrons. The van der Waals surface area contributed by atoms with E-state index in [0.717, 1.165) is 5.56 Å². The molecule has 0 saturated carbocycles. The Hall–Kier alpha value is -4.08. The number of benzene rings is 3. The number of rotatable bonds is 10. The number of nitrogens with one attached hydrogen (secondary N) is 1. The maximum absolute atomic E-state index is 13.7. The van der Waals surface area contributed by atoms with E-state index in [4.69, 9.17) is 25.8 Å². The third-order valence-corrected chi connectivity index (χ3v) is 6.34. The number of methoxy groups -OCH3 is 3. The van der Waals surface area contributed by atoms with Crippen LogP contribution in [0.4, 0.5) is 0 Å². The van der Waals surface area contributed by atoms with Gasteiger partial charge in [-0.3, -0.25) is 18.7 Å². The molecule has 0 unspecified atom stereocenters. The van der Waals surface area contributed by atoms with Gasteiger partial charge in [-0.15, -0.1) is 0 Å². The van der Waals surface area contributed by atoms with Gasteiger partial charge in [0.2, 0.25) is 0 Å². The molecule has 0 spiro atoms. The number of hydrogen-bond acceptors (Lipinski definition) is 6. The largest absolute Gasteiger partial charge is 0.493 e. The number of halogens is 1. The summed E-state index contributed by atoms with van der Waals surface area (Å²) in [7, 11) is 4.54. The van der Waals surface area contributed by atoms with Crippen LogP contribution in [0.5, 0.6) is 11.5 Å². The number of ether oxygens (including phenoxy) is 3. The molecule has 4 aromatic rings. The van der Waals surface area contributed by atoms with Crippen LogP contribution in [0, 0.1) is 0 Å². The van der Waals surface area contributed by atoms with E-state index in [1.54, 1.807) is 61.7 Å². The van der Waals surface area contributed by atoms with Crippen LogP contribution in [0.25, 0.3) is 10.9 Å². The van der Waals surface area contributed by atoms with E-state index in [-0.39, 0.29) is 19.0 Å². The van der Waals surface area contributed by atoms with E-state index >= 15 is 0 Å². The Bertz CT molecular complexity index is 1580. The van der Waals surface area contributed by atoms with Crippen LogP contribution in [0.15, 0.2) is 70.3 Å². The number of carbonyl (C=O) groups is 1. The highest BCUT2D eigenvalue weighted by atomic mass is 35.5. The number of aromatic nitrogens is 2. The molecule has 198 valence electrons. The molecule has 0 bridgehead atoms. The topological polar surface area (TPSA) is 101 Å². The Kier molecular flexibility index (Phi) is 8.50. The van der Waals surface area contributed by atoms with Gasteiger partial charge in [-0.25, -0.2) is 4.79 Å². The summed E-state index contributed by atoms with van der Waals surface area (Å²) in [6, 6.07) is 17.1. The molecule has 1 aromatic heterocycles. The molecule has 0 fully saturated rings. The van der Waals surface area contributed by atoms with Crippen molar-refractivity contribution >= 4 is 28.4 Å². The fourth-order valence-electron chi connectivity index (χ4n) is 4.17. The van der Waals surface area contributed by atoms with Crippen molar-refractivity contribution in [2.24, 2.45) is 0 Å². The lowest BCUT2D eigenvalue weighted by atomic mass is 10.1. The van der Waals surface area contributed by atoms with E-state index in [2.05, 4.69) is 5.32 Å². The number of amides is 1. The van der Waals surface area contributed by atoms with E-state index in [1.165, 1.54) is 23.4 Å². The minimum atomic E-state index is -0.490. The number of nitrogens with zero attached hydrogens (tertiary/aromatic N) is 2. The van der Waals surface area contributed by atoms with Gasteiger partial charge in [-0.2, -0.15) is 0 Å². The van der Waals surface area contributed by atoms with Crippen LogP contribution in [0.2, 0.25) is 5.02 Å². The van der Waals surface area contributed by atoms with Crippen LogP contribution >= 0.6 is 11.6 Å². The van der Waals surface area contributed by atoms with Gasteiger partial charge in [0, 0.05) is 30.3 Å². The molecule has 0 aliphatic heterocycles. The fraction of sp³-hybridized carbons (Fsp3) is 0.250. The van der Waals surface area contributed by atoms with Crippen LogP contribution in [0.3, 0.4) is 0 Å². The van der Waals surface area contributed by atoms with E-state index < -0.39 is 11.2 Å². The van der Waals surface area contributed by atoms with Crippen LogP contribution < -0.4 is 26.0 Å². The minimum Gasteiger partial charge on any atom is -0.493 e. The minimum absolute atomic E-state index is 0.0169. The first-order chi connectivity index (χ1) is 18.4. The molecule has 38 heavy (non-hydrogen) atoms. The maximum atomic E-state index is 13.7. The van der Waals surface area contributed by atoms with Gasteiger partial charge in [0.15, 0.2) is 11.5 Å². The predicted octanol–water partition coefficient (Wildman–Crippen LogP) is 3.31. The van der Waals surface area contributed by atoms with Gasteiger partial charge < -0.3 is 19.5 Å². The van der Waals surface area contributed by atoms with Gasteiger partial charge >= 0.3 is 5.69 Å². The molecule has 0 saturated heterocycles. The molecular weight excluding hydrogens is 510 g/mol. The van der Waals surface area contributed by atoms with Crippen molar-refractivity contribution in [1.82, 2.24) is 14.5 Å². The maximum Gasteiger partial charge on any atom is 0.332 e. The number of fused-ring (bicyclic) bond motifs is 1. The molecule has 10 heteroatoms. The molecule has 3 aromatic carbocycles. The van der Waals surface area contributed by atoms with Crippen LogP contribution in [-0.4, -0.2) is 49.5 Å². The zero-order chi connectivity index (χ0) is 27.2. The molecule has 9 nitrogen and oxygen atoms in total. The van der Waals surface area contributed by atoms with Crippen molar-refractivity contribution in [2.45, 2.75) is 13.1 Å². The summed E-state index contributed by atoms with van der Waals surface area (Å²) in [5.74, 6) is 0.539. The standard InChI is InChI=1S/C28H28ClN3O6/c1-36-12-11-30-26(33)20-9-7-18(8-10-20)16-32-27(34)22-14-24(37-2)25(38-3)15-23(22)31(28(32)35)17-19-5-4-6-21(29)13-19/h4-10,13-15H,11-12,16-17H2,1-3H3,(H,30,33). The van der Waals surface area contributed by atoms with E-state index in [1.807, 2.05) is 6.07 Å². The van der Waals surface area contributed by atoms with Crippen molar-refractivity contribution in [1.29, 1.82) is 0 Å². The summed E-state index contributed by atoms with van der Waals surface area (Å²) in [5, 5.41) is 3.60. The average molecular weight is 538 g/mol. The molecule has 1 heterocycles. The number of carbonyl (C=O) groups excluding carboxylic acids is 1. The molecular formula is C28H28ClN3O6. The van der Waals surface area contributed by atoms with Gasteiger partial charge in [0.1, 0.15) is 0 Å². The van der Waals surface area contributed by atoms with Crippen molar-refractivity contribution in [3.63, 3.8) is 0 Å². The Morgan fingerprint density at radius 2 is 1.55 bits per heavy atom. The Morgan fingerprint density at radius 1 is 0.868 bits per heavy atom. The second kappa shape index (κ2) is 12.0. The molecule has 1 N–H and O–H groups in total. The summed E-state index contributed by atoms with van der Waals surface area (Å²) < 4.78 is 18.5. The van der Waals surface area contributed by atoms with Crippen molar-refractivity contribution in [2.75, 3.05) is 34.5 Å². The van der Waals surface area contributed by atoms with Gasteiger partial charge in [-0.1, -0.05) is 35.9 Å². The lowest BCUT2D eigenvalue weighted by Crippen LogP contribution is -2.40. The molecule has 4 rings (SSSR count). The Labute approximate surface area is 224 Å². The van der Waals surface area contributed by atoms with Gasteiger partial charge in [-0.05, 0) is 41.5 Å². The first kappa shape index (κ1) is 27.0. The quantitative estimate of drug-likeness (QED) is 0.312. The van der Waals surface area contributed by atoms with Crippen LogP contribution in [0.1, 0.15) is 21.5 Å². The van der Waals surface area contributed by atoms with Crippen molar-refractivity contribution < 1.29 is 19.0 Å². The monoisotopic (exact) mass is 537 g/mol. The molecule has 0 aliphatic carbocycles. The molecule has 1 amide bonds. The SMILES string of the molecule is COCCNC(=O)c1ccc(Cn2c(=O)c3cc(OC)c(OC)cc3n(Cc3cccc(Cl)c3)c2=O)cc1. The zero-order valence-electron chi connectivity index (χ0n) is 21.3. The second-order valence-corrected chi connectivity index (χ2v) is 9.00. The number of hydrogen-bond donors (Lipinski definition) is 1. The first-order valence-electron chi connectivity index (χ1n) is 11.9. The smallest absolute Gasteiger partial charge is 0.332 e. The summed E-state index contributed by atoms with van der Waals surface area (Å²) in [6.45, 7) is 1.01. The highest BCUT2D eigenvalue weighted by molar-refractivity contribution is 6.30. The Balaban J connectivity index is 1.79. The van der Waals surface area contributed by atoms with Crippen molar-refractivity contribution in [3.8, 4) is 11.5 Å². The second-order valence-electron chi connectivity index (χ2n) is 8.56. The Morgan fingerprint density at radius 3 is 2.21 bits per heavy atom. The van der Waals surface area contributed by atoms with E-state index in [0.29, 0.717) is 51.7 Å². The third-order valence-electron chi connectivity index (χ3n) is 6.11. The molecule has 0 aliphatic rings. The summed E-state index contributed by atoms with van der Waals surface area (Å²) in [6.07, 6.45) is 0. The predicted molar refractivity (Wildman–Crippen MR) is 146 cm³/mol. The van der Waals surface area contributed by atoms with Crippen LogP contribution in [-0.2, 0) is 17.8 Å². The lowest BCUT2D eigenvalue weighted by molar-refractivity contribution is 0.0937. The average Bonchev–Trinajstić information content (AvgIpc) is 2.93. The summed E-state index contributed by atoms with van der Waals surface area (Å²) >= 11 is 6.18. The fourth-order valence-corrected chi connectivity index (χ4v) is 4.38. The highest BCUT2D eigenvalue weighted by Gasteiger charge is 2.18. The zero-order valence-corrected chi connectivity index (χ0v) is 22.1. The van der Waals surface area contributed by atoms with Gasteiger partial charge in [0.25, 0.3) is 11.5 Å². The van der Waals surface area contributed by atoms with Crippen molar-refractivity contribution in [3.05, 3.63) is 103 Å². The first-order valence-corrected chi connectivity index (χ1v) is 12.2. The van der Waals surface area contributed by atoms with E-state index in [9.17, 15) is 14.4 Å². The third kappa shape index (κ3) is 5.74. The lowest BCUT2D eigenvalue weighted by Gasteiger charge is -2.17. The summed E-state index contributed by atoms with van der Waals surface area (Å²) in [5.41, 5.74) is 1.41. The summed E-state index contributed by atoms with van der Waals surface area (Å²) in [4.78, 5) is 39.6. The molecule has 0 atom stereocenters.